The summed E-state index contributed by atoms with van der Waals surface area (Å²) in [6.45, 7) is 6.87. The third kappa shape index (κ3) is 3.02. The second-order valence-electron chi connectivity index (χ2n) is 5.26. The molecule has 1 aliphatic rings. The second kappa shape index (κ2) is 6.11. The fourth-order valence-corrected chi connectivity index (χ4v) is 2.52. The van der Waals surface area contributed by atoms with Crippen molar-refractivity contribution in [2.75, 3.05) is 19.6 Å². The van der Waals surface area contributed by atoms with Crippen LogP contribution >= 0.6 is 0 Å². The molecule has 0 saturated carbocycles. The molecule has 0 bridgehead atoms. The van der Waals surface area contributed by atoms with Gasteiger partial charge in [-0.3, -0.25) is 4.90 Å². The summed E-state index contributed by atoms with van der Waals surface area (Å²) in [5, 5.41) is 15.5. The molecule has 2 heterocycles. The lowest BCUT2D eigenvalue weighted by molar-refractivity contribution is 0.159. The molecule has 0 radical (unpaired) electrons. The molecule has 20 heavy (non-hydrogen) atoms. The van der Waals surface area contributed by atoms with Gasteiger partial charge in [-0.25, -0.2) is 4.68 Å². The largest absolute Gasteiger partial charge is 0.314 e. The minimum atomic E-state index is 0.519. The third-order valence-corrected chi connectivity index (χ3v) is 3.76. The summed E-state index contributed by atoms with van der Waals surface area (Å²) in [5.74, 6) is 0.933. The molecule has 1 saturated heterocycles. The molecular weight excluding hydrogens is 252 g/mol. The summed E-state index contributed by atoms with van der Waals surface area (Å²) in [6.07, 6.45) is 0. The summed E-state index contributed by atoms with van der Waals surface area (Å²) in [4.78, 5) is 2.42. The van der Waals surface area contributed by atoms with Crippen molar-refractivity contribution in [2.45, 2.75) is 26.1 Å². The van der Waals surface area contributed by atoms with Crippen LogP contribution in [0.25, 0.3) is 0 Å². The molecule has 6 heteroatoms. The van der Waals surface area contributed by atoms with Crippen LogP contribution in [0, 0.1) is 0 Å². The molecule has 106 valence electrons. The van der Waals surface area contributed by atoms with Gasteiger partial charge in [-0.2, -0.15) is 0 Å². The van der Waals surface area contributed by atoms with Crippen molar-refractivity contribution >= 4 is 0 Å². The quantitative estimate of drug-likeness (QED) is 0.879. The first kappa shape index (κ1) is 13.2. The highest BCUT2D eigenvalue weighted by molar-refractivity contribution is 5.14. The van der Waals surface area contributed by atoms with E-state index in [0.717, 1.165) is 38.5 Å². The Morgan fingerprint density at radius 3 is 2.90 bits per heavy atom. The van der Waals surface area contributed by atoms with Gasteiger partial charge < -0.3 is 5.32 Å². The van der Waals surface area contributed by atoms with E-state index in [9.17, 15) is 0 Å². The molecule has 3 rings (SSSR count). The first-order valence-electron chi connectivity index (χ1n) is 7.06. The average Bonchev–Trinajstić information content (AvgIpc) is 2.90. The maximum atomic E-state index is 4.18. The van der Waals surface area contributed by atoms with Crippen molar-refractivity contribution in [1.29, 1.82) is 0 Å². The summed E-state index contributed by atoms with van der Waals surface area (Å²) in [6, 6.07) is 10.8. The van der Waals surface area contributed by atoms with Gasteiger partial charge in [0.15, 0.2) is 5.82 Å². The van der Waals surface area contributed by atoms with E-state index in [-0.39, 0.29) is 0 Å². The molecule has 6 nitrogen and oxygen atoms in total. The molecule has 1 atom stereocenters. The Hall–Kier alpha value is -1.79. The Kier molecular flexibility index (Phi) is 4.03. The summed E-state index contributed by atoms with van der Waals surface area (Å²) in [7, 11) is 0. The van der Waals surface area contributed by atoms with E-state index in [1.54, 1.807) is 0 Å². The van der Waals surface area contributed by atoms with Gasteiger partial charge in [0.2, 0.25) is 0 Å². The highest BCUT2D eigenvalue weighted by atomic mass is 15.5. The Balaban J connectivity index is 1.70. The number of nitrogens with one attached hydrogen (secondary N) is 1. The number of rotatable bonds is 4. The molecule has 0 amide bonds. The van der Waals surface area contributed by atoms with Gasteiger partial charge >= 0.3 is 0 Å². The fourth-order valence-electron chi connectivity index (χ4n) is 2.52. The predicted octanol–water partition coefficient (Wildman–Crippen LogP) is 0.515. The normalized spacial score (nSPS) is 20.1. The van der Waals surface area contributed by atoms with Gasteiger partial charge in [-0.15, -0.1) is 5.10 Å². The number of nitrogens with zero attached hydrogens (tertiary/aromatic N) is 5. The van der Waals surface area contributed by atoms with E-state index >= 15 is 0 Å². The first-order valence-corrected chi connectivity index (χ1v) is 7.06. The van der Waals surface area contributed by atoms with Crippen molar-refractivity contribution in [2.24, 2.45) is 0 Å². The zero-order valence-electron chi connectivity index (χ0n) is 11.7. The van der Waals surface area contributed by atoms with Crippen LogP contribution in [0.5, 0.6) is 0 Å². The standard InChI is InChI=1S/C14H20N6/c1-12-9-15-7-8-19(12)11-14-16-17-18-20(14)10-13-5-3-2-4-6-13/h2-6,12,15H,7-11H2,1H3/t12-/m0/s1. The van der Waals surface area contributed by atoms with E-state index in [0.29, 0.717) is 6.04 Å². The molecule has 1 aromatic carbocycles. The van der Waals surface area contributed by atoms with E-state index in [1.807, 2.05) is 22.9 Å². The van der Waals surface area contributed by atoms with Crippen molar-refractivity contribution in [3.63, 3.8) is 0 Å². The lowest BCUT2D eigenvalue weighted by atomic mass is 10.2. The summed E-state index contributed by atoms with van der Waals surface area (Å²) in [5.41, 5.74) is 1.22. The topological polar surface area (TPSA) is 58.9 Å². The van der Waals surface area contributed by atoms with Crippen LogP contribution in [0.2, 0.25) is 0 Å². The van der Waals surface area contributed by atoms with Gasteiger partial charge in [0.25, 0.3) is 0 Å². The van der Waals surface area contributed by atoms with Crippen LogP contribution in [-0.4, -0.2) is 50.8 Å². The maximum Gasteiger partial charge on any atom is 0.165 e. The number of piperazine rings is 1. The molecule has 0 unspecified atom stereocenters. The van der Waals surface area contributed by atoms with Crippen molar-refractivity contribution in [1.82, 2.24) is 30.4 Å². The predicted molar refractivity (Wildman–Crippen MR) is 76.1 cm³/mol. The molecule has 1 aromatic heterocycles. The SMILES string of the molecule is C[C@H]1CNCCN1Cc1nnnn1Cc1ccccc1. The van der Waals surface area contributed by atoms with E-state index < -0.39 is 0 Å². The second-order valence-corrected chi connectivity index (χ2v) is 5.26. The lowest BCUT2D eigenvalue weighted by Gasteiger charge is -2.33. The Labute approximate surface area is 118 Å². The zero-order valence-corrected chi connectivity index (χ0v) is 11.7. The molecule has 1 fully saturated rings. The van der Waals surface area contributed by atoms with Crippen LogP contribution in [0.1, 0.15) is 18.3 Å². The van der Waals surface area contributed by atoms with Crippen LogP contribution in [-0.2, 0) is 13.1 Å². The van der Waals surface area contributed by atoms with E-state index in [2.05, 4.69) is 44.8 Å². The highest BCUT2D eigenvalue weighted by Gasteiger charge is 2.20. The molecule has 0 aliphatic carbocycles. The van der Waals surface area contributed by atoms with Gasteiger partial charge in [-0.1, -0.05) is 30.3 Å². The van der Waals surface area contributed by atoms with Gasteiger partial charge in [0.1, 0.15) is 0 Å². The number of tetrazole rings is 1. The maximum absolute atomic E-state index is 4.18. The van der Waals surface area contributed by atoms with Crippen molar-refractivity contribution in [3.8, 4) is 0 Å². The highest BCUT2D eigenvalue weighted by Crippen LogP contribution is 2.09. The lowest BCUT2D eigenvalue weighted by Crippen LogP contribution is -2.49. The average molecular weight is 272 g/mol. The van der Waals surface area contributed by atoms with Crippen molar-refractivity contribution in [3.05, 3.63) is 41.7 Å². The van der Waals surface area contributed by atoms with Crippen LogP contribution in [0.4, 0.5) is 0 Å². The minimum absolute atomic E-state index is 0.519. The van der Waals surface area contributed by atoms with Crippen LogP contribution in [0.15, 0.2) is 30.3 Å². The monoisotopic (exact) mass is 272 g/mol. The van der Waals surface area contributed by atoms with Crippen LogP contribution < -0.4 is 5.32 Å². The minimum Gasteiger partial charge on any atom is -0.314 e. The Morgan fingerprint density at radius 1 is 1.25 bits per heavy atom. The summed E-state index contributed by atoms with van der Waals surface area (Å²) >= 11 is 0. The van der Waals surface area contributed by atoms with E-state index in [4.69, 9.17) is 0 Å². The number of hydrogen-bond donors (Lipinski definition) is 1. The molecule has 1 N–H and O–H groups in total. The van der Waals surface area contributed by atoms with Crippen LogP contribution in [0.3, 0.4) is 0 Å². The molecular formula is C14H20N6. The van der Waals surface area contributed by atoms with Gasteiger partial charge in [0, 0.05) is 25.7 Å². The smallest absolute Gasteiger partial charge is 0.165 e. The van der Waals surface area contributed by atoms with Gasteiger partial charge in [0.05, 0.1) is 13.1 Å². The number of hydrogen-bond acceptors (Lipinski definition) is 5. The Morgan fingerprint density at radius 2 is 2.10 bits per heavy atom. The molecule has 1 aliphatic heterocycles. The Bertz CT molecular complexity index is 538. The molecule has 0 spiro atoms. The number of benzene rings is 1. The summed E-state index contributed by atoms with van der Waals surface area (Å²) < 4.78 is 1.89. The molecule has 2 aromatic rings. The third-order valence-electron chi connectivity index (χ3n) is 3.76. The van der Waals surface area contributed by atoms with Crippen molar-refractivity contribution < 1.29 is 0 Å². The first-order chi connectivity index (χ1) is 9.83. The zero-order chi connectivity index (χ0) is 13.8. The fraction of sp³-hybridized carbons (Fsp3) is 0.500. The number of aromatic nitrogens is 4. The van der Waals surface area contributed by atoms with E-state index in [1.165, 1.54) is 5.56 Å². The van der Waals surface area contributed by atoms with Gasteiger partial charge in [-0.05, 0) is 22.9 Å².